The summed E-state index contributed by atoms with van der Waals surface area (Å²) >= 11 is 0. The number of hydrogen-bond donors (Lipinski definition) is 1. The van der Waals surface area contributed by atoms with Gasteiger partial charge in [0.15, 0.2) is 0 Å². The van der Waals surface area contributed by atoms with E-state index in [1.807, 2.05) is 42.3 Å². The SMILES string of the molecule is Cn1cncc1CN1CCOC(CO)(Cc2ccccc2)C1. The molecule has 22 heavy (non-hydrogen) atoms. The summed E-state index contributed by atoms with van der Waals surface area (Å²) in [6.45, 7) is 3.11. The van der Waals surface area contributed by atoms with E-state index in [4.69, 9.17) is 4.74 Å². The van der Waals surface area contributed by atoms with Crippen molar-refractivity contribution in [1.82, 2.24) is 14.5 Å². The number of aliphatic hydroxyl groups is 1. The summed E-state index contributed by atoms with van der Waals surface area (Å²) < 4.78 is 8.02. The van der Waals surface area contributed by atoms with Crippen molar-refractivity contribution in [3.8, 4) is 0 Å². The number of hydrogen-bond acceptors (Lipinski definition) is 4. The van der Waals surface area contributed by atoms with Gasteiger partial charge in [-0.15, -0.1) is 0 Å². The minimum atomic E-state index is -0.516. The van der Waals surface area contributed by atoms with Crippen molar-refractivity contribution in [1.29, 1.82) is 0 Å². The summed E-state index contributed by atoms with van der Waals surface area (Å²) in [5.41, 5.74) is 1.85. The molecule has 1 aliphatic rings. The number of aryl methyl sites for hydroxylation is 1. The second kappa shape index (κ2) is 6.60. The van der Waals surface area contributed by atoms with Crippen LogP contribution in [0.5, 0.6) is 0 Å². The van der Waals surface area contributed by atoms with Gasteiger partial charge in [-0.3, -0.25) is 4.90 Å². The van der Waals surface area contributed by atoms with Gasteiger partial charge in [0, 0.05) is 39.3 Å². The highest BCUT2D eigenvalue weighted by Crippen LogP contribution is 2.24. The maximum atomic E-state index is 9.93. The van der Waals surface area contributed by atoms with Gasteiger partial charge in [0.1, 0.15) is 5.60 Å². The summed E-state index contributed by atoms with van der Waals surface area (Å²) in [4.78, 5) is 6.50. The molecule has 0 amide bonds. The zero-order chi connectivity index (χ0) is 15.4. The fourth-order valence-corrected chi connectivity index (χ4v) is 3.05. The Hall–Kier alpha value is -1.69. The van der Waals surface area contributed by atoms with Gasteiger partial charge in [-0.1, -0.05) is 30.3 Å². The van der Waals surface area contributed by atoms with Crippen LogP contribution in [0.25, 0.3) is 0 Å². The van der Waals surface area contributed by atoms with Crippen LogP contribution in [0, 0.1) is 0 Å². The minimum absolute atomic E-state index is 0.0315. The summed E-state index contributed by atoms with van der Waals surface area (Å²) in [5.74, 6) is 0. The van der Waals surface area contributed by atoms with Crippen molar-refractivity contribution in [2.75, 3.05) is 26.3 Å². The van der Waals surface area contributed by atoms with Crippen molar-refractivity contribution >= 4 is 0 Å². The molecule has 118 valence electrons. The number of imidazole rings is 1. The van der Waals surface area contributed by atoms with Crippen LogP contribution in [-0.2, 0) is 24.8 Å². The molecule has 2 aromatic rings. The molecule has 5 heteroatoms. The highest BCUT2D eigenvalue weighted by molar-refractivity contribution is 5.18. The first-order valence-electron chi connectivity index (χ1n) is 7.67. The summed E-state index contributed by atoms with van der Waals surface area (Å²) in [5, 5.41) is 9.93. The highest BCUT2D eigenvalue weighted by Gasteiger charge is 2.36. The van der Waals surface area contributed by atoms with E-state index in [0.717, 1.165) is 26.1 Å². The lowest BCUT2D eigenvalue weighted by Gasteiger charge is -2.42. The van der Waals surface area contributed by atoms with Crippen molar-refractivity contribution in [3.63, 3.8) is 0 Å². The average molecular weight is 301 g/mol. The van der Waals surface area contributed by atoms with Gasteiger partial charge in [-0.25, -0.2) is 4.98 Å². The Morgan fingerprint density at radius 1 is 1.32 bits per heavy atom. The van der Waals surface area contributed by atoms with Crippen LogP contribution in [-0.4, -0.2) is 51.5 Å². The maximum Gasteiger partial charge on any atom is 0.108 e. The average Bonchev–Trinajstić information content (AvgIpc) is 2.94. The largest absolute Gasteiger partial charge is 0.393 e. The molecule has 1 saturated heterocycles. The van der Waals surface area contributed by atoms with Crippen molar-refractivity contribution in [3.05, 3.63) is 54.1 Å². The van der Waals surface area contributed by atoms with E-state index >= 15 is 0 Å². The number of aliphatic hydroxyl groups excluding tert-OH is 1. The molecular weight excluding hydrogens is 278 g/mol. The van der Waals surface area contributed by atoms with Crippen LogP contribution < -0.4 is 0 Å². The third-order valence-corrected chi connectivity index (χ3v) is 4.29. The Morgan fingerprint density at radius 3 is 2.82 bits per heavy atom. The van der Waals surface area contributed by atoms with E-state index < -0.39 is 5.60 Å². The first-order valence-corrected chi connectivity index (χ1v) is 7.67. The molecule has 0 spiro atoms. The second-order valence-electron chi connectivity index (χ2n) is 6.06. The van der Waals surface area contributed by atoms with Crippen LogP contribution in [0.15, 0.2) is 42.9 Å². The Bertz CT molecular complexity index is 599. The van der Waals surface area contributed by atoms with E-state index in [-0.39, 0.29) is 6.61 Å². The van der Waals surface area contributed by atoms with E-state index in [0.29, 0.717) is 6.61 Å². The molecule has 0 bridgehead atoms. The lowest BCUT2D eigenvalue weighted by Crippen LogP contribution is -2.55. The fourth-order valence-electron chi connectivity index (χ4n) is 3.05. The van der Waals surface area contributed by atoms with E-state index in [9.17, 15) is 5.11 Å². The van der Waals surface area contributed by atoms with Crippen molar-refractivity contribution in [2.45, 2.75) is 18.6 Å². The zero-order valence-electron chi connectivity index (χ0n) is 13.0. The van der Waals surface area contributed by atoms with Crippen molar-refractivity contribution < 1.29 is 9.84 Å². The van der Waals surface area contributed by atoms with Crippen LogP contribution in [0.2, 0.25) is 0 Å². The van der Waals surface area contributed by atoms with Gasteiger partial charge in [0.25, 0.3) is 0 Å². The topological polar surface area (TPSA) is 50.5 Å². The van der Waals surface area contributed by atoms with Gasteiger partial charge in [-0.2, -0.15) is 0 Å². The van der Waals surface area contributed by atoms with Gasteiger partial charge < -0.3 is 14.4 Å². The monoisotopic (exact) mass is 301 g/mol. The van der Waals surface area contributed by atoms with Crippen LogP contribution >= 0.6 is 0 Å². The summed E-state index contributed by atoms with van der Waals surface area (Å²) in [6.07, 6.45) is 4.44. The first kappa shape index (κ1) is 15.2. The third-order valence-electron chi connectivity index (χ3n) is 4.29. The van der Waals surface area contributed by atoms with Crippen LogP contribution in [0.4, 0.5) is 0 Å². The molecule has 1 unspecified atom stereocenters. The molecule has 0 aliphatic carbocycles. The number of aromatic nitrogens is 2. The molecule has 1 N–H and O–H groups in total. The molecule has 2 heterocycles. The molecule has 1 aromatic heterocycles. The Balaban J connectivity index is 1.70. The van der Waals surface area contributed by atoms with Gasteiger partial charge in [-0.05, 0) is 5.56 Å². The summed E-state index contributed by atoms with van der Waals surface area (Å²) in [6, 6.07) is 10.2. The molecule has 5 nitrogen and oxygen atoms in total. The van der Waals surface area contributed by atoms with E-state index in [1.165, 1.54) is 11.3 Å². The van der Waals surface area contributed by atoms with Gasteiger partial charge in [0.05, 0.1) is 25.2 Å². The first-order chi connectivity index (χ1) is 10.7. The molecular formula is C17H23N3O2. The zero-order valence-corrected chi connectivity index (χ0v) is 13.0. The van der Waals surface area contributed by atoms with E-state index in [1.54, 1.807) is 0 Å². The Kier molecular flexibility index (Phi) is 4.57. The normalized spacial score (nSPS) is 22.8. The van der Waals surface area contributed by atoms with Crippen LogP contribution in [0.3, 0.4) is 0 Å². The number of morpholine rings is 1. The lowest BCUT2D eigenvalue weighted by atomic mass is 9.93. The summed E-state index contributed by atoms with van der Waals surface area (Å²) in [7, 11) is 2.01. The maximum absolute atomic E-state index is 9.93. The highest BCUT2D eigenvalue weighted by atomic mass is 16.5. The fraction of sp³-hybridized carbons (Fsp3) is 0.471. The molecule has 0 radical (unpaired) electrons. The lowest BCUT2D eigenvalue weighted by molar-refractivity contribution is -0.134. The van der Waals surface area contributed by atoms with Gasteiger partial charge in [0.2, 0.25) is 0 Å². The van der Waals surface area contributed by atoms with Gasteiger partial charge >= 0.3 is 0 Å². The Morgan fingerprint density at radius 2 is 2.14 bits per heavy atom. The minimum Gasteiger partial charge on any atom is -0.393 e. The quantitative estimate of drug-likeness (QED) is 0.902. The van der Waals surface area contributed by atoms with Crippen molar-refractivity contribution in [2.24, 2.45) is 7.05 Å². The molecule has 1 aromatic carbocycles. The molecule has 1 aliphatic heterocycles. The predicted octanol–water partition coefficient (Wildman–Crippen LogP) is 1.23. The molecule has 0 saturated carbocycles. The number of nitrogens with zero attached hydrogens (tertiary/aromatic N) is 3. The standard InChI is InChI=1S/C17H23N3O2/c1-19-14-18-10-16(19)11-20-7-8-22-17(12-20,13-21)9-15-5-3-2-4-6-15/h2-6,10,14,21H,7-9,11-13H2,1H3. The molecule has 3 rings (SSSR count). The third kappa shape index (κ3) is 3.38. The van der Waals surface area contributed by atoms with E-state index in [2.05, 4.69) is 22.0 Å². The Labute approximate surface area is 131 Å². The predicted molar refractivity (Wildman–Crippen MR) is 84.4 cm³/mol. The number of ether oxygens (including phenoxy) is 1. The number of benzene rings is 1. The van der Waals surface area contributed by atoms with Crippen LogP contribution in [0.1, 0.15) is 11.3 Å². The molecule has 1 atom stereocenters. The second-order valence-corrected chi connectivity index (χ2v) is 6.06. The number of rotatable bonds is 5. The molecule has 1 fully saturated rings. The smallest absolute Gasteiger partial charge is 0.108 e.